The van der Waals surface area contributed by atoms with E-state index in [1.54, 1.807) is 18.3 Å². The van der Waals surface area contributed by atoms with Gasteiger partial charge in [0.15, 0.2) is 5.41 Å². The molecule has 0 aromatic carbocycles. The second-order valence-electron chi connectivity index (χ2n) is 3.29. The molecule has 14 heavy (non-hydrogen) atoms. The van der Waals surface area contributed by atoms with Gasteiger partial charge in [-0.25, -0.2) is 0 Å². The number of hydrogen-bond donors (Lipinski definition) is 2. The summed E-state index contributed by atoms with van der Waals surface area (Å²) in [7, 11) is 0. The number of carboxylic acids is 1. The van der Waals surface area contributed by atoms with Crippen molar-refractivity contribution in [3.8, 4) is 0 Å². The third-order valence-corrected chi connectivity index (χ3v) is 2.38. The number of H-pyrrole nitrogens is 1. The Bertz CT molecular complexity index is 364. The SMILES string of the molecule is O=C(O)C1(C(=O)c2ccc[nH]2)COC1. The van der Waals surface area contributed by atoms with E-state index in [1.165, 1.54) is 0 Å². The molecule has 1 fully saturated rings. The van der Waals surface area contributed by atoms with Crippen molar-refractivity contribution < 1.29 is 19.4 Å². The average Bonchev–Trinajstić information content (AvgIpc) is 2.51. The van der Waals surface area contributed by atoms with Crippen molar-refractivity contribution in [2.75, 3.05) is 13.2 Å². The topological polar surface area (TPSA) is 79.4 Å². The third-order valence-electron chi connectivity index (χ3n) is 2.38. The van der Waals surface area contributed by atoms with Crippen LogP contribution in [0.5, 0.6) is 0 Å². The lowest BCUT2D eigenvalue weighted by Crippen LogP contribution is -2.54. The monoisotopic (exact) mass is 195 g/mol. The first-order valence-electron chi connectivity index (χ1n) is 4.16. The van der Waals surface area contributed by atoms with Gasteiger partial charge in [-0.15, -0.1) is 0 Å². The van der Waals surface area contributed by atoms with Crippen LogP contribution in [0.4, 0.5) is 0 Å². The van der Waals surface area contributed by atoms with Crippen LogP contribution in [0, 0.1) is 5.41 Å². The number of aliphatic carboxylic acids is 1. The molecule has 2 N–H and O–H groups in total. The van der Waals surface area contributed by atoms with E-state index in [0.29, 0.717) is 5.69 Å². The molecule has 1 saturated heterocycles. The fourth-order valence-electron chi connectivity index (χ4n) is 1.39. The molecule has 5 heteroatoms. The predicted molar refractivity (Wildman–Crippen MR) is 46.0 cm³/mol. The van der Waals surface area contributed by atoms with Crippen LogP contribution in [-0.4, -0.2) is 35.1 Å². The van der Waals surface area contributed by atoms with E-state index in [2.05, 4.69) is 4.98 Å². The fraction of sp³-hybridized carbons (Fsp3) is 0.333. The highest BCUT2D eigenvalue weighted by molar-refractivity contribution is 6.12. The first kappa shape index (κ1) is 8.96. The van der Waals surface area contributed by atoms with Crippen molar-refractivity contribution in [1.82, 2.24) is 4.98 Å². The molecular formula is C9H9NO4. The minimum absolute atomic E-state index is 0.0415. The van der Waals surface area contributed by atoms with Crippen LogP contribution in [0.2, 0.25) is 0 Å². The Balaban J connectivity index is 2.30. The Morgan fingerprint density at radius 3 is 2.57 bits per heavy atom. The van der Waals surface area contributed by atoms with Crippen LogP contribution in [0.25, 0.3) is 0 Å². The van der Waals surface area contributed by atoms with Gasteiger partial charge in [0.05, 0.1) is 18.9 Å². The number of aromatic amines is 1. The number of nitrogens with one attached hydrogen (secondary N) is 1. The van der Waals surface area contributed by atoms with Crippen LogP contribution in [0.15, 0.2) is 18.3 Å². The zero-order valence-corrected chi connectivity index (χ0v) is 7.32. The third kappa shape index (κ3) is 1.06. The highest BCUT2D eigenvalue weighted by atomic mass is 16.5. The lowest BCUT2D eigenvalue weighted by molar-refractivity contribution is -0.169. The molecule has 0 bridgehead atoms. The van der Waals surface area contributed by atoms with E-state index < -0.39 is 17.2 Å². The van der Waals surface area contributed by atoms with Crippen molar-refractivity contribution in [3.63, 3.8) is 0 Å². The van der Waals surface area contributed by atoms with Crippen LogP contribution >= 0.6 is 0 Å². The van der Waals surface area contributed by atoms with Crippen LogP contribution in [0.3, 0.4) is 0 Å². The summed E-state index contributed by atoms with van der Waals surface area (Å²) in [4.78, 5) is 25.4. The minimum Gasteiger partial charge on any atom is -0.480 e. The summed E-state index contributed by atoms with van der Waals surface area (Å²) < 4.78 is 4.80. The summed E-state index contributed by atoms with van der Waals surface area (Å²) in [5, 5.41) is 8.94. The molecule has 1 aromatic rings. The Morgan fingerprint density at radius 1 is 1.50 bits per heavy atom. The second kappa shape index (κ2) is 2.95. The van der Waals surface area contributed by atoms with E-state index in [1.807, 2.05) is 0 Å². The van der Waals surface area contributed by atoms with Gasteiger partial charge in [0.25, 0.3) is 0 Å². The van der Waals surface area contributed by atoms with Crippen LogP contribution in [0.1, 0.15) is 10.5 Å². The number of aromatic nitrogens is 1. The van der Waals surface area contributed by atoms with Gasteiger partial charge in [0.1, 0.15) is 0 Å². The Kier molecular flexibility index (Phi) is 1.89. The molecule has 0 atom stereocenters. The normalized spacial score (nSPS) is 18.6. The van der Waals surface area contributed by atoms with E-state index in [9.17, 15) is 9.59 Å². The molecule has 0 amide bonds. The fourth-order valence-corrected chi connectivity index (χ4v) is 1.39. The van der Waals surface area contributed by atoms with E-state index in [-0.39, 0.29) is 13.2 Å². The maximum atomic E-state index is 11.8. The van der Waals surface area contributed by atoms with Gasteiger partial charge >= 0.3 is 5.97 Å². The number of hydrogen-bond acceptors (Lipinski definition) is 3. The van der Waals surface area contributed by atoms with Crippen LogP contribution < -0.4 is 0 Å². The molecule has 0 spiro atoms. The highest BCUT2D eigenvalue weighted by Crippen LogP contribution is 2.31. The van der Waals surface area contributed by atoms with Crippen LogP contribution in [-0.2, 0) is 9.53 Å². The summed E-state index contributed by atoms with van der Waals surface area (Å²) in [6, 6.07) is 3.22. The van der Waals surface area contributed by atoms with Crippen molar-refractivity contribution in [1.29, 1.82) is 0 Å². The minimum atomic E-state index is -1.37. The van der Waals surface area contributed by atoms with Gasteiger partial charge in [-0.2, -0.15) is 0 Å². The van der Waals surface area contributed by atoms with Crippen molar-refractivity contribution >= 4 is 11.8 Å². The van der Waals surface area contributed by atoms with Crippen molar-refractivity contribution in [2.24, 2.45) is 5.41 Å². The molecule has 74 valence electrons. The zero-order valence-electron chi connectivity index (χ0n) is 7.32. The molecule has 0 unspecified atom stereocenters. The maximum Gasteiger partial charge on any atom is 0.322 e. The highest BCUT2D eigenvalue weighted by Gasteiger charge is 2.53. The largest absolute Gasteiger partial charge is 0.480 e. The summed E-state index contributed by atoms with van der Waals surface area (Å²) in [5.74, 6) is -1.54. The van der Waals surface area contributed by atoms with E-state index in [0.717, 1.165) is 0 Å². The molecule has 0 radical (unpaired) electrons. The van der Waals surface area contributed by atoms with Crippen molar-refractivity contribution in [3.05, 3.63) is 24.0 Å². The second-order valence-corrected chi connectivity index (χ2v) is 3.29. The number of Topliss-reactive ketones (excluding diaryl/α,β-unsaturated/α-hetero) is 1. The summed E-state index contributed by atoms with van der Waals surface area (Å²) >= 11 is 0. The Hall–Kier alpha value is -1.62. The standard InChI is InChI=1S/C9H9NO4/c11-7(6-2-1-3-10-6)9(8(12)13)4-14-5-9/h1-3,10H,4-5H2,(H,12,13). The molecule has 1 aliphatic rings. The number of ketones is 1. The Morgan fingerprint density at radius 2 is 2.21 bits per heavy atom. The van der Waals surface area contributed by atoms with Gasteiger partial charge in [-0.1, -0.05) is 0 Å². The summed E-state index contributed by atoms with van der Waals surface area (Å²) in [5.41, 5.74) is -1.05. The maximum absolute atomic E-state index is 11.8. The molecule has 1 aromatic heterocycles. The first-order chi connectivity index (χ1) is 6.67. The molecular weight excluding hydrogens is 186 g/mol. The summed E-state index contributed by atoms with van der Waals surface area (Å²) in [6.45, 7) is -0.0830. The number of carbonyl (C=O) groups is 2. The van der Waals surface area contributed by atoms with E-state index >= 15 is 0 Å². The number of carboxylic acid groups (broad SMARTS) is 1. The molecule has 0 aliphatic carbocycles. The van der Waals surface area contributed by atoms with Gasteiger partial charge in [-0.05, 0) is 12.1 Å². The lowest BCUT2D eigenvalue weighted by atomic mass is 9.80. The average molecular weight is 195 g/mol. The van der Waals surface area contributed by atoms with E-state index in [4.69, 9.17) is 9.84 Å². The number of rotatable bonds is 3. The zero-order chi connectivity index (χ0) is 10.2. The van der Waals surface area contributed by atoms with Crippen molar-refractivity contribution in [2.45, 2.75) is 0 Å². The lowest BCUT2D eigenvalue weighted by Gasteiger charge is -2.35. The number of ether oxygens (including phenoxy) is 1. The quantitative estimate of drug-likeness (QED) is 0.537. The molecule has 2 rings (SSSR count). The molecule has 0 saturated carbocycles. The summed E-state index contributed by atoms with van der Waals surface area (Å²) in [6.07, 6.45) is 1.59. The molecule has 1 aliphatic heterocycles. The van der Waals surface area contributed by atoms with Gasteiger partial charge < -0.3 is 14.8 Å². The first-order valence-corrected chi connectivity index (χ1v) is 4.16. The van der Waals surface area contributed by atoms with Gasteiger partial charge in [-0.3, -0.25) is 9.59 Å². The number of carbonyl (C=O) groups excluding carboxylic acids is 1. The Labute approximate surface area is 79.7 Å². The predicted octanol–water partition coefficient (Wildman–Crippen LogP) is 0.299. The smallest absolute Gasteiger partial charge is 0.322 e. The molecule has 2 heterocycles. The van der Waals surface area contributed by atoms with Gasteiger partial charge in [0, 0.05) is 6.20 Å². The van der Waals surface area contributed by atoms with Gasteiger partial charge in [0.2, 0.25) is 5.78 Å². The molecule has 5 nitrogen and oxygen atoms in total.